The lowest BCUT2D eigenvalue weighted by Gasteiger charge is -2.17. The largest absolute Gasteiger partial charge is 0.481 e. The first kappa shape index (κ1) is 9.52. The van der Waals surface area contributed by atoms with Crippen LogP contribution in [0.15, 0.2) is 0 Å². The molecule has 70 valence electrons. The number of aliphatic carboxylic acids is 1. The van der Waals surface area contributed by atoms with Crippen LogP contribution in [0.25, 0.3) is 0 Å². The van der Waals surface area contributed by atoms with Gasteiger partial charge in [-0.25, -0.2) is 0 Å². The Hall–Kier alpha value is -0.570. The van der Waals surface area contributed by atoms with E-state index in [-0.39, 0.29) is 5.92 Å². The Morgan fingerprint density at radius 2 is 2.08 bits per heavy atom. The third-order valence-electron chi connectivity index (χ3n) is 2.76. The number of nitrogens with two attached hydrogens (primary N) is 1. The summed E-state index contributed by atoms with van der Waals surface area (Å²) in [4.78, 5) is 10.8. The summed E-state index contributed by atoms with van der Waals surface area (Å²) < 4.78 is 0. The minimum atomic E-state index is -0.660. The molecule has 0 spiro atoms. The summed E-state index contributed by atoms with van der Waals surface area (Å²) in [6.07, 6.45) is 5.19. The molecule has 0 amide bonds. The maximum Gasteiger partial charge on any atom is 0.306 e. The molecule has 1 fully saturated rings. The summed E-state index contributed by atoms with van der Waals surface area (Å²) in [5.41, 5.74) is 5.37. The fourth-order valence-corrected chi connectivity index (χ4v) is 2.10. The quantitative estimate of drug-likeness (QED) is 0.668. The van der Waals surface area contributed by atoms with E-state index in [0.29, 0.717) is 18.9 Å². The first-order valence-electron chi connectivity index (χ1n) is 4.68. The minimum absolute atomic E-state index is 0.183. The summed E-state index contributed by atoms with van der Waals surface area (Å²) >= 11 is 0. The summed E-state index contributed by atoms with van der Waals surface area (Å²) in [5, 5.41) is 8.91. The lowest BCUT2D eigenvalue weighted by atomic mass is 9.88. The standard InChI is InChI=1S/C9H17NO2/c10-6-5-8(9(11)12)7-3-1-2-4-7/h7-8H,1-6,10H2,(H,11,12). The van der Waals surface area contributed by atoms with Crippen LogP contribution in [0.5, 0.6) is 0 Å². The molecule has 3 heteroatoms. The van der Waals surface area contributed by atoms with E-state index in [0.717, 1.165) is 12.8 Å². The zero-order chi connectivity index (χ0) is 8.97. The first-order chi connectivity index (χ1) is 5.75. The first-order valence-corrected chi connectivity index (χ1v) is 4.68. The fraction of sp³-hybridized carbons (Fsp3) is 0.889. The van der Waals surface area contributed by atoms with Crippen LogP contribution >= 0.6 is 0 Å². The van der Waals surface area contributed by atoms with Gasteiger partial charge >= 0.3 is 5.97 Å². The highest BCUT2D eigenvalue weighted by molar-refractivity contribution is 5.70. The summed E-state index contributed by atoms with van der Waals surface area (Å²) in [6.45, 7) is 0.494. The van der Waals surface area contributed by atoms with Gasteiger partial charge in [-0.15, -0.1) is 0 Å². The molecule has 0 saturated heterocycles. The Morgan fingerprint density at radius 3 is 2.50 bits per heavy atom. The average molecular weight is 171 g/mol. The van der Waals surface area contributed by atoms with Gasteiger partial charge in [0, 0.05) is 0 Å². The lowest BCUT2D eigenvalue weighted by Crippen LogP contribution is -2.24. The molecule has 0 aromatic rings. The number of carboxylic acids is 1. The zero-order valence-electron chi connectivity index (χ0n) is 7.33. The van der Waals surface area contributed by atoms with Gasteiger partial charge in [-0.2, -0.15) is 0 Å². The van der Waals surface area contributed by atoms with E-state index in [9.17, 15) is 4.79 Å². The molecular weight excluding hydrogens is 154 g/mol. The van der Waals surface area contributed by atoms with Crippen LogP contribution in [0.2, 0.25) is 0 Å². The van der Waals surface area contributed by atoms with Crippen molar-refractivity contribution in [2.75, 3.05) is 6.54 Å². The predicted molar refractivity (Wildman–Crippen MR) is 46.8 cm³/mol. The van der Waals surface area contributed by atoms with E-state index in [1.807, 2.05) is 0 Å². The SMILES string of the molecule is NCCC(C(=O)O)C1CCCC1. The van der Waals surface area contributed by atoms with Crippen molar-refractivity contribution in [2.24, 2.45) is 17.6 Å². The van der Waals surface area contributed by atoms with Gasteiger partial charge in [0.1, 0.15) is 0 Å². The molecular formula is C9H17NO2. The molecule has 1 aliphatic carbocycles. The topological polar surface area (TPSA) is 63.3 Å². The average Bonchev–Trinajstić information content (AvgIpc) is 2.51. The van der Waals surface area contributed by atoms with Crippen LogP contribution < -0.4 is 5.73 Å². The maximum absolute atomic E-state index is 10.8. The Balaban J connectivity index is 2.45. The van der Waals surface area contributed by atoms with Crippen molar-refractivity contribution in [1.29, 1.82) is 0 Å². The molecule has 1 rings (SSSR count). The molecule has 1 saturated carbocycles. The van der Waals surface area contributed by atoms with Gasteiger partial charge in [0.05, 0.1) is 5.92 Å². The van der Waals surface area contributed by atoms with Crippen LogP contribution in [-0.2, 0) is 4.79 Å². The highest BCUT2D eigenvalue weighted by atomic mass is 16.4. The second-order valence-electron chi connectivity index (χ2n) is 3.57. The number of carboxylic acid groups (broad SMARTS) is 1. The molecule has 0 aliphatic heterocycles. The number of hydrogen-bond donors (Lipinski definition) is 2. The summed E-state index contributed by atoms with van der Waals surface area (Å²) in [5.74, 6) is -0.448. The van der Waals surface area contributed by atoms with E-state index in [4.69, 9.17) is 10.8 Å². The van der Waals surface area contributed by atoms with Gasteiger partial charge in [-0.05, 0) is 31.7 Å². The molecule has 1 atom stereocenters. The van der Waals surface area contributed by atoms with Crippen molar-refractivity contribution in [2.45, 2.75) is 32.1 Å². The molecule has 12 heavy (non-hydrogen) atoms. The third-order valence-corrected chi connectivity index (χ3v) is 2.76. The monoisotopic (exact) mass is 171 g/mol. The van der Waals surface area contributed by atoms with Crippen molar-refractivity contribution in [3.63, 3.8) is 0 Å². The molecule has 3 N–H and O–H groups in total. The van der Waals surface area contributed by atoms with Crippen molar-refractivity contribution in [3.05, 3.63) is 0 Å². The van der Waals surface area contributed by atoms with Crippen LogP contribution in [0.4, 0.5) is 0 Å². The predicted octanol–water partition coefficient (Wildman–Crippen LogP) is 1.23. The van der Waals surface area contributed by atoms with Crippen molar-refractivity contribution in [3.8, 4) is 0 Å². The molecule has 0 aromatic heterocycles. The lowest BCUT2D eigenvalue weighted by molar-refractivity contribution is -0.143. The Labute approximate surface area is 72.9 Å². The zero-order valence-corrected chi connectivity index (χ0v) is 7.33. The normalized spacial score (nSPS) is 21.1. The highest BCUT2D eigenvalue weighted by Crippen LogP contribution is 2.32. The van der Waals surface area contributed by atoms with Gasteiger partial charge < -0.3 is 10.8 Å². The highest BCUT2D eigenvalue weighted by Gasteiger charge is 2.29. The fourth-order valence-electron chi connectivity index (χ4n) is 2.10. The minimum Gasteiger partial charge on any atom is -0.481 e. The van der Waals surface area contributed by atoms with Gasteiger partial charge in [0.2, 0.25) is 0 Å². The smallest absolute Gasteiger partial charge is 0.306 e. The van der Waals surface area contributed by atoms with Gasteiger partial charge in [-0.3, -0.25) is 4.79 Å². The summed E-state index contributed by atoms with van der Waals surface area (Å²) in [6, 6.07) is 0. The van der Waals surface area contributed by atoms with E-state index >= 15 is 0 Å². The molecule has 0 bridgehead atoms. The van der Waals surface area contributed by atoms with Gasteiger partial charge in [0.15, 0.2) is 0 Å². The van der Waals surface area contributed by atoms with Crippen molar-refractivity contribution >= 4 is 5.97 Å². The van der Waals surface area contributed by atoms with Crippen LogP contribution in [0.1, 0.15) is 32.1 Å². The van der Waals surface area contributed by atoms with E-state index in [1.165, 1.54) is 12.8 Å². The Morgan fingerprint density at radius 1 is 1.50 bits per heavy atom. The number of rotatable bonds is 4. The van der Waals surface area contributed by atoms with E-state index in [2.05, 4.69) is 0 Å². The maximum atomic E-state index is 10.8. The van der Waals surface area contributed by atoms with Gasteiger partial charge in [-0.1, -0.05) is 12.8 Å². The number of carbonyl (C=O) groups is 1. The van der Waals surface area contributed by atoms with Gasteiger partial charge in [0.25, 0.3) is 0 Å². The molecule has 0 aromatic carbocycles. The van der Waals surface area contributed by atoms with Crippen molar-refractivity contribution in [1.82, 2.24) is 0 Å². The van der Waals surface area contributed by atoms with E-state index < -0.39 is 5.97 Å². The summed E-state index contributed by atoms with van der Waals surface area (Å²) in [7, 11) is 0. The molecule has 1 aliphatic rings. The van der Waals surface area contributed by atoms with Crippen LogP contribution in [0.3, 0.4) is 0 Å². The van der Waals surface area contributed by atoms with Crippen molar-refractivity contribution < 1.29 is 9.90 Å². The second kappa shape index (κ2) is 4.45. The Bertz CT molecular complexity index is 153. The Kier molecular flexibility index (Phi) is 3.53. The molecule has 3 nitrogen and oxygen atoms in total. The molecule has 1 unspecified atom stereocenters. The molecule has 0 heterocycles. The molecule has 0 radical (unpaired) electrons. The third kappa shape index (κ3) is 2.21. The second-order valence-corrected chi connectivity index (χ2v) is 3.57. The van der Waals surface area contributed by atoms with E-state index in [1.54, 1.807) is 0 Å². The van der Waals surface area contributed by atoms with Crippen LogP contribution in [-0.4, -0.2) is 17.6 Å². The number of hydrogen-bond acceptors (Lipinski definition) is 2. The van der Waals surface area contributed by atoms with Crippen LogP contribution in [0, 0.1) is 11.8 Å².